The molecule has 1 aromatic carbocycles. The van der Waals surface area contributed by atoms with Gasteiger partial charge in [-0.3, -0.25) is 0 Å². The summed E-state index contributed by atoms with van der Waals surface area (Å²) in [6, 6.07) is 6.05. The van der Waals surface area contributed by atoms with Crippen molar-refractivity contribution in [3.63, 3.8) is 0 Å². The molecule has 27 heavy (non-hydrogen) atoms. The van der Waals surface area contributed by atoms with E-state index in [0.29, 0.717) is 6.61 Å². The van der Waals surface area contributed by atoms with Gasteiger partial charge in [-0.05, 0) is 68.4 Å². The van der Waals surface area contributed by atoms with Gasteiger partial charge in [0.2, 0.25) is 0 Å². The molecular formula is C21H24F2O4. The average Bonchev–Trinajstić information content (AvgIpc) is 2.63. The SMILES string of the molecule is O=C(OCC(F)F)c1ccccc1C(=O)OCC12CC3CC(CC(C3)C1)C2. The van der Waals surface area contributed by atoms with Gasteiger partial charge in [0.25, 0.3) is 6.43 Å². The Kier molecular flexibility index (Phi) is 4.91. The summed E-state index contributed by atoms with van der Waals surface area (Å²) >= 11 is 0. The normalized spacial score (nSPS) is 31.1. The number of rotatable bonds is 6. The maximum atomic E-state index is 12.6. The maximum absolute atomic E-state index is 12.6. The van der Waals surface area contributed by atoms with Crippen LogP contribution >= 0.6 is 0 Å². The zero-order chi connectivity index (χ0) is 19.0. The topological polar surface area (TPSA) is 52.6 Å². The van der Waals surface area contributed by atoms with Gasteiger partial charge in [-0.15, -0.1) is 0 Å². The molecule has 0 amide bonds. The van der Waals surface area contributed by atoms with E-state index in [1.807, 2.05) is 0 Å². The molecule has 0 radical (unpaired) electrons. The zero-order valence-corrected chi connectivity index (χ0v) is 15.2. The summed E-state index contributed by atoms with van der Waals surface area (Å²) in [6.07, 6.45) is 4.53. The lowest BCUT2D eigenvalue weighted by Crippen LogP contribution is -2.48. The predicted molar refractivity (Wildman–Crippen MR) is 93.6 cm³/mol. The number of esters is 2. The molecule has 5 rings (SSSR count). The van der Waals surface area contributed by atoms with E-state index in [4.69, 9.17) is 4.74 Å². The second-order valence-electron chi connectivity index (χ2n) is 8.53. The fraction of sp³-hybridized carbons (Fsp3) is 0.619. The fourth-order valence-electron chi connectivity index (χ4n) is 5.82. The van der Waals surface area contributed by atoms with E-state index >= 15 is 0 Å². The van der Waals surface area contributed by atoms with E-state index in [1.165, 1.54) is 31.4 Å². The van der Waals surface area contributed by atoms with Gasteiger partial charge in [-0.2, -0.15) is 0 Å². The van der Waals surface area contributed by atoms with Crippen molar-refractivity contribution in [2.24, 2.45) is 23.2 Å². The third-order valence-electron chi connectivity index (χ3n) is 6.38. The molecule has 0 saturated heterocycles. The van der Waals surface area contributed by atoms with Crippen LogP contribution in [0.5, 0.6) is 0 Å². The van der Waals surface area contributed by atoms with E-state index < -0.39 is 25.0 Å². The highest BCUT2D eigenvalue weighted by molar-refractivity contribution is 6.03. The van der Waals surface area contributed by atoms with Crippen LogP contribution < -0.4 is 0 Å². The van der Waals surface area contributed by atoms with E-state index in [1.54, 1.807) is 12.1 Å². The summed E-state index contributed by atoms with van der Waals surface area (Å²) in [4.78, 5) is 24.7. The summed E-state index contributed by atoms with van der Waals surface area (Å²) in [6.45, 7) is -0.620. The van der Waals surface area contributed by atoms with Gasteiger partial charge in [-0.25, -0.2) is 18.4 Å². The molecule has 0 aliphatic heterocycles. The molecule has 4 aliphatic carbocycles. The van der Waals surface area contributed by atoms with E-state index in [2.05, 4.69) is 4.74 Å². The Balaban J connectivity index is 1.42. The summed E-state index contributed by atoms with van der Waals surface area (Å²) in [7, 11) is 0. The van der Waals surface area contributed by atoms with Crippen molar-refractivity contribution in [1.29, 1.82) is 0 Å². The van der Waals surface area contributed by atoms with Crippen molar-refractivity contribution in [3.05, 3.63) is 35.4 Å². The van der Waals surface area contributed by atoms with Gasteiger partial charge in [0.15, 0.2) is 6.61 Å². The van der Waals surface area contributed by atoms with Crippen molar-refractivity contribution in [3.8, 4) is 0 Å². The molecule has 1 aromatic rings. The smallest absolute Gasteiger partial charge is 0.339 e. The first-order valence-corrected chi connectivity index (χ1v) is 9.65. The largest absolute Gasteiger partial charge is 0.461 e. The minimum absolute atomic E-state index is 0.0336. The quantitative estimate of drug-likeness (QED) is 0.685. The minimum atomic E-state index is -2.75. The lowest BCUT2D eigenvalue weighted by atomic mass is 9.50. The number of carbonyl (C=O) groups is 2. The highest BCUT2D eigenvalue weighted by Gasteiger charge is 2.51. The van der Waals surface area contributed by atoms with Gasteiger partial charge in [0, 0.05) is 5.41 Å². The number of hydrogen-bond acceptors (Lipinski definition) is 4. The second-order valence-corrected chi connectivity index (χ2v) is 8.53. The molecular weight excluding hydrogens is 354 g/mol. The molecule has 0 spiro atoms. The van der Waals surface area contributed by atoms with E-state index in [0.717, 1.165) is 37.0 Å². The standard InChI is InChI=1S/C21H24F2O4/c22-18(23)11-26-19(24)16-3-1-2-4-17(16)20(25)27-12-21-8-13-5-14(9-21)7-15(6-13)10-21/h1-4,13-15,18H,5-12H2. The first-order valence-electron chi connectivity index (χ1n) is 9.65. The van der Waals surface area contributed by atoms with E-state index in [9.17, 15) is 18.4 Å². The molecule has 0 unspecified atom stereocenters. The molecule has 0 heterocycles. The molecule has 4 aliphatic rings. The van der Waals surface area contributed by atoms with Crippen molar-refractivity contribution < 1.29 is 27.8 Å². The fourth-order valence-corrected chi connectivity index (χ4v) is 5.82. The third kappa shape index (κ3) is 3.85. The molecule has 0 aromatic heterocycles. The first kappa shape index (κ1) is 18.4. The molecule has 6 heteroatoms. The van der Waals surface area contributed by atoms with Crippen LogP contribution in [-0.2, 0) is 9.47 Å². The van der Waals surface area contributed by atoms with Crippen molar-refractivity contribution in [2.75, 3.05) is 13.2 Å². The van der Waals surface area contributed by atoms with Crippen LogP contribution in [0.15, 0.2) is 24.3 Å². The Hall–Kier alpha value is -1.98. The van der Waals surface area contributed by atoms with Crippen LogP contribution in [0, 0.1) is 23.2 Å². The summed E-state index contributed by atoms with van der Waals surface area (Å²) in [5, 5.41) is 0. The molecule has 4 bridgehead atoms. The van der Waals surface area contributed by atoms with Gasteiger partial charge in [0.1, 0.15) is 0 Å². The Bertz CT molecular complexity index is 695. The molecule has 4 nitrogen and oxygen atoms in total. The van der Waals surface area contributed by atoms with E-state index in [-0.39, 0.29) is 16.5 Å². The monoisotopic (exact) mass is 378 g/mol. The number of alkyl halides is 2. The lowest BCUT2D eigenvalue weighted by molar-refractivity contribution is -0.0848. The van der Waals surface area contributed by atoms with Gasteiger partial charge >= 0.3 is 11.9 Å². The first-order chi connectivity index (χ1) is 12.9. The van der Waals surface area contributed by atoms with Crippen LogP contribution in [0.3, 0.4) is 0 Å². The van der Waals surface area contributed by atoms with Crippen LogP contribution in [0.25, 0.3) is 0 Å². The molecule has 4 saturated carbocycles. The van der Waals surface area contributed by atoms with Crippen LogP contribution in [-0.4, -0.2) is 31.6 Å². The summed E-state index contributed by atoms with van der Waals surface area (Å²) < 4.78 is 34.8. The summed E-state index contributed by atoms with van der Waals surface area (Å²) in [5.41, 5.74) is 0.116. The van der Waals surface area contributed by atoms with Crippen LogP contribution in [0.4, 0.5) is 8.78 Å². The van der Waals surface area contributed by atoms with Crippen molar-refractivity contribution in [2.45, 2.75) is 45.0 Å². The Morgan fingerprint density at radius 1 is 0.926 bits per heavy atom. The van der Waals surface area contributed by atoms with Gasteiger partial charge in [-0.1, -0.05) is 12.1 Å². The highest BCUT2D eigenvalue weighted by Crippen LogP contribution is 2.60. The summed E-state index contributed by atoms with van der Waals surface area (Å²) in [5.74, 6) is 0.748. The zero-order valence-electron chi connectivity index (χ0n) is 15.2. The average molecular weight is 378 g/mol. The Morgan fingerprint density at radius 3 is 1.89 bits per heavy atom. The number of carbonyl (C=O) groups excluding carboxylic acids is 2. The maximum Gasteiger partial charge on any atom is 0.339 e. The predicted octanol–water partition coefficient (Wildman–Crippen LogP) is 4.48. The second kappa shape index (κ2) is 7.21. The lowest BCUT2D eigenvalue weighted by Gasteiger charge is -2.56. The minimum Gasteiger partial charge on any atom is -0.461 e. The molecule has 146 valence electrons. The van der Waals surface area contributed by atoms with Crippen LogP contribution in [0.1, 0.15) is 59.2 Å². The molecule has 0 N–H and O–H groups in total. The highest BCUT2D eigenvalue weighted by atomic mass is 19.3. The van der Waals surface area contributed by atoms with Crippen molar-refractivity contribution >= 4 is 11.9 Å². The number of benzene rings is 1. The number of ether oxygens (including phenoxy) is 2. The van der Waals surface area contributed by atoms with Crippen molar-refractivity contribution in [1.82, 2.24) is 0 Å². The number of halogens is 2. The van der Waals surface area contributed by atoms with Gasteiger partial charge in [0.05, 0.1) is 17.7 Å². The Morgan fingerprint density at radius 2 is 1.41 bits per heavy atom. The Labute approximate surface area is 157 Å². The molecule has 4 fully saturated rings. The number of hydrogen-bond donors (Lipinski definition) is 0. The van der Waals surface area contributed by atoms with Gasteiger partial charge < -0.3 is 9.47 Å². The molecule has 0 atom stereocenters. The third-order valence-corrected chi connectivity index (χ3v) is 6.38. The van der Waals surface area contributed by atoms with Crippen LogP contribution in [0.2, 0.25) is 0 Å².